The molecule has 0 saturated carbocycles. The van der Waals surface area contributed by atoms with E-state index in [9.17, 15) is 22.8 Å². The van der Waals surface area contributed by atoms with Crippen molar-refractivity contribution in [3.05, 3.63) is 17.5 Å². The van der Waals surface area contributed by atoms with Crippen LogP contribution in [-0.4, -0.2) is 38.5 Å². The zero-order chi connectivity index (χ0) is 16.4. The Balaban J connectivity index is 2.72. The van der Waals surface area contributed by atoms with Crippen LogP contribution in [-0.2, 0) is 16.1 Å². The number of hydrogen-bond acceptors (Lipinski definition) is 3. The fraction of sp³-hybridized carbons (Fsp3) is 0.583. The normalized spacial score (nSPS) is 14.6. The topological polar surface area (TPSA) is 84.2 Å². The van der Waals surface area contributed by atoms with Crippen molar-refractivity contribution in [2.45, 2.75) is 45.5 Å². The summed E-state index contributed by atoms with van der Waals surface area (Å²) in [5.41, 5.74) is -1.82. The van der Waals surface area contributed by atoms with Gasteiger partial charge < -0.3 is 10.4 Å². The predicted octanol–water partition coefficient (Wildman–Crippen LogP) is 1.41. The summed E-state index contributed by atoms with van der Waals surface area (Å²) in [6.07, 6.45) is -5.40. The Morgan fingerprint density at radius 3 is 2.33 bits per heavy atom. The molecule has 0 saturated heterocycles. The SMILES string of the molecule is Cc1cc(C)n(CCC(=O)NC(C)(C(=O)O)C(F)(F)F)n1. The average Bonchev–Trinajstić information content (AvgIpc) is 2.63. The summed E-state index contributed by atoms with van der Waals surface area (Å²) in [7, 11) is 0. The highest BCUT2D eigenvalue weighted by Gasteiger charge is 2.58. The summed E-state index contributed by atoms with van der Waals surface area (Å²) < 4.78 is 39.7. The van der Waals surface area contributed by atoms with Gasteiger partial charge in [-0.15, -0.1) is 0 Å². The number of carbonyl (C=O) groups excluding carboxylic acids is 1. The van der Waals surface area contributed by atoms with Gasteiger partial charge in [-0.05, 0) is 26.8 Å². The second-order valence-electron chi connectivity index (χ2n) is 4.88. The van der Waals surface area contributed by atoms with E-state index in [0.717, 1.165) is 11.4 Å². The largest absolute Gasteiger partial charge is 0.479 e. The lowest BCUT2D eigenvalue weighted by Gasteiger charge is -2.28. The van der Waals surface area contributed by atoms with Gasteiger partial charge in [0.1, 0.15) is 0 Å². The molecule has 0 spiro atoms. The smallest absolute Gasteiger partial charge is 0.422 e. The minimum absolute atomic E-state index is 0.0685. The molecular weight excluding hydrogens is 291 g/mol. The number of halogens is 3. The van der Waals surface area contributed by atoms with E-state index in [1.54, 1.807) is 19.9 Å². The molecule has 0 bridgehead atoms. The second-order valence-corrected chi connectivity index (χ2v) is 4.88. The Morgan fingerprint density at radius 2 is 1.95 bits per heavy atom. The Morgan fingerprint density at radius 1 is 1.38 bits per heavy atom. The maximum Gasteiger partial charge on any atom is 0.422 e. The minimum Gasteiger partial charge on any atom is -0.479 e. The third-order valence-corrected chi connectivity index (χ3v) is 3.04. The highest BCUT2D eigenvalue weighted by Crippen LogP contribution is 2.30. The van der Waals surface area contributed by atoms with Crippen molar-refractivity contribution in [1.82, 2.24) is 15.1 Å². The van der Waals surface area contributed by atoms with Crippen molar-refractivity contribution in [2.75, 3.05) is 0 Å². The molecule has 2 N–H and O–H groups in total. The van der Waals surface area contributed by atoms with Crippen LogP contribution in [0, 0.1) is 13.8 Å². The summed E-state index contributed by atoms with van der Waals surface area (Å²) in [4.78, 5) is 22.4. The van der Waals surface area contributed by atoms with Crippen LogP contribution >= 0.6 is 0 Å². The molecule has 1 rings (SSSR count). The summed E-state index contributed by atoms with van der Waals surface area (Å²) in [6.45, 7) is 3.97. The van der Waals surface area contributed by atoms with Crippen LogP contribution in [0.2, 0.25) is 0 Å². The third-order valence-electron chi connectivity index (χ3n) is 3.04. The number of nitrogens with one attached hydrogen (secondary N) is 1. The summed E-state index contributed by atoms with van der Waals surface area (Å²) in [5.74, 6) is -3.17. The molecule has 118 valence electrons. The van der Waals surface area contributed by atoms with Gasteiger partial charge in [0.25, 0.3) is 0 Å². The Bertz CT molecular complexity index is 554. The molecule has 0 radical (unpaired) electrons. The van der Waals surface area contributed by atoms with Crippen molar-refractivity contribution in [3.63, 3.8) is 0 Å². The molecule has 0 aliphatic heterocycles. The molecular formula is C12H16F3N3O3. The number of aromatic nitrogens is 2. The van der Waals surface area contributed by atoms with Crippen molar-refractivity contribution in [1.29, 1.82) is 0 Å². The molecule has 1 heterocycles. The van der Waals surface area contributed by atoms with Gasteiger partial charge in [0.15, 0.2) is 0 Å². The second kappa shape index (κ2) is 5.74. The van der Waals surface area contributed by atoms with Crippen molar-refractivity contribution >= 4 is 11.9 Å². The zero-order valence-electron chi connectivity index (χ0n) is 11.8. The highest BCUT2D eigenvalue weighted by molar-refractivity contribution is 5.87. The number of amides is 1. The molecule has 21 heavy (non-hydrogen) atoms. The van der Waals surface area contributed by atoms with E-state index in [0.29, 0.717) is 6.92 Å². The van der Waals surface area contributed by atoms with E-state index >= 15 is 0 Å². The van der Waals surface area contributed by atoms with Gasteiger partial charge in [0.2, 0.25) is 11.4 Å². The number of alkyl halides is 3. The number of carboxylic acids is 1. The van der Waals surface area contributed by atoms with E-state index in [4.69, 9.17) is 5.11 Å². The summed E-state index contributed by atoms with van der Waals surface area (Å²) >= 11 is 0. The highest BCUT2D eigenvalue weighted by atomic mass is 19.4. The fourth-order valence-electron chi connectivity index (χ4n) is 1.70. The van der Waals surface area contributed by atoms with E-state index in [2.05, 4.69) is 5.10 Å². The number of aliphatic carboxylic acids is 1. The molecule has 0 aliphatic carbocycles. The van der Waals surface area contributed by atoms with Crippen LogP contribution < -0.4 is 5.32 Å². The number of rotatable bonds is 5. The van der Waals surface area contributed by atoms with Gasteiger partial charge in [-0.1, -0.05) is 0 Å². The van der Waals surface area contributed by atoms with E-state index in [1.807, 2.05) is 0 Å². The van der Waals surface area contributed by atoms with Crippen LogP contribution in [0.5, 0.6) is 0 Å². The predicted molar refractivity (Wildman–Crippen MR) is 66.6 cm³/mol. The van der Waals surface area contributed by atoms with Crippen molar-refractivity contribution in [2.24, 2.45) is 0 Å². The average molecular weight is 307 g/mol. The molecule has 0 aromatic carbocycles. The molecule has 1 aromatic rings. The van der Waals surface area contributed by atoms with Crippen LogP contribution in [0.1, 0.15) is 24.7 Å². The first kappa shape index (κ1) is 17.0. The number of hydrogen-bond donors (Lipinski definition) is 2. The molecule has 0 fully saturated rings. The lowest BCUT2D eigenvalue weighted by Crippen LogP contribution is -2.62. The first-order chi connectivity index (χ1) is 9.47. The van der Waals surface area contributed by atoms with Crippen LogP contribution in [0.15, 0.2) is 6.07 Å². The van der Waals surface area contributed by atoms with Crippen molar-refractivity contribution in [3.8, 4) is 0 Å². The maximum atomic E-state index is 12.7. The molecule has 1 atom stereocenters. The van der Waals surface area contributed by atoms with Crippen molar-refractivity contribution < 1.29 is 27.9 Å². The summed E-state index contributed by atoms with van der Waals surface area (Å²) in [5, 5.41) is 14.3. The van der Waals surface area contributed by atoms with Gasteiger partial charge in [-0.25, -0.2) is 4.79 Å². The molecule has 0 aliphatic rings. The molecule has 9 heteroatoms. The minimum atomic E-state index is -5.09. The lowest BCUT2D eigenvalue weighted by atomic mass is 10.0. The van der Waals surface area contributed by atoms with Gasteiger partial charge in [-0.2, -0.15) is 18.3 Å². The standard InChI is InChI=1S/C12H16F3N3O3/c1-7-6-8(2)18(17-7)5-4-9(19)16-11(3,10(20)21)12(13,14)15/h6H,4-5H2,1-3H3,(H,16,19)(H,20,21). The monoisotopic (exact) mass is 307 g/mol. The quantitative estimate of drug-likeness (QED) is 0.861. The Labute approximate surface area is 118 Å². The van der Waals surface area contributed by atoms with Gasteiger partial charge in [0, 0.05) is 18.7 Å². The molecule has 1 aromatic heterocycles. The lowest BCUT2D eigenvalue weighted by molar-refractivity contribution is -0.207. The number of carboxylic acid groups (broad SMARTS) is 1. The number of aryl methyl sites for hydroxylation is 3. The van der Waals surface area contributed by atoms with E-state index in [1.165, 1.54) is 10.00 Å². The molecule has 1 unspecified atom stereocenters. The summed E-state index contributed by atoms with van der Waals surface area (Å²) in [6, 6.07) is 1.76. The van der Waals surface area contributed by atoms with Crippen LogP contribution in [0.3, 0.4) is 0 Å². The molecule has 1 amide bonds. The number of nitrogens with zero attached hydrogens (tertiary/aromatic N) is 2. The molecule has 6 nitrogen and oxygen atoms in total. The Kier molecular flexibility index (Phi) is 4.65. The maximum absolute atomic E-state index is 12.7. The first-order valence-electron chi connectivity index (χ1n) is 6.09. The number of carbonyl (C=O) groups is 2. The van der Waals surface area contributed by atoms with E-state index < -0.39 is 23.6 Å². The zero-order valence-corrected chi connectivity index (χ0v) is 11.8. The first-order valence-corrected chi connectivity index (χ1v) is 6.09. The van der Waals surface area contributed by atoms with Crippen LogP contribution in [0.4, 0.5) is 13.2 Å². The fourth-order valence-corrected chi connectivity index (χ4v) is 1.70. The van der Waals surface area contributed by atoms with Gasteiger partial charge in [0.05, 0.1) is 5.69 Å². The third kappa shape index (κ3) is 3.73. The van der Waals surface area contributed by atoms with Crippen LogP contribution in [0.25, 0.3) is 0 Å². The van der Waals surface area contributed by atoms with Gasteiger partial charge >= 0.3 is 12.1 Å². The Hall–Kier alpha value is -2.06. The van der Waals surface area contributed by atoms with E-state index in [-0.39, 0.29) is 13.0 Å². The van der Waals surface area contributed by atoms with Gasteiger partial charge in [-0.3, -0.25) is 9.48 Å².